The Morgan fingerprint density at radius 2 is 2.43 bits per heavy atom. The van der Waals surface area contributed by atoms with Gasteiger partial charge in [-0.2, -0.15) is 0 Å². The molecule has 14 heavy (non-hydrogen) atoms. The number of rotatable bonds is 2. The fourth-order valence-electron chi connectivity index (χ4n) is 1.59. The molecule has 0 atom stereocenters. The molecule has 2 rings (SSSR count). The second-order valence-electron chi connectivity index (χ2n) is 3.70. The second-order valence-corrected chi connectivity index (χ2v) is 3.70. The molecule has 1 N–H and O–H groups in total. The van der Waals surface area contributed by atoms with Crippen LogP contribution in [0.15, 0.2) is 16.7 Å². The first-order valence-electron chi connectivity index (χ1n) is 4.66. The molecule has 0 unspecified atom stereocenters. The predicted molar refractivity (Wildman–Crippen MR) is 49.9 cm³/mol. The molecule has 1 aliphatic rings. The summed E-state index contributed by atoms with van der Waals surface area (Å²) in [6.07, 6.45) is 1.48. The highest BCUT2D eigenvalue weighted by molar-refractivity contribution is 5.94. The van der Waals surface area contributed by atoms with Gasteiger partial charge in [0.05, 0.1) is 5.56 Å². The number of aryl methyl sites for hydroxylation is 1. The van der Waals surface area contributed by atoms with Crippen molar-refractivity contribution in [1.29, 1.82) is 0 Å². The van der Waals surface area contributed by atoms with Crippen molar-refractivity contribution in [3.8, 4) is 0 Å². The Labute approximate surface area is 82.1 Å². The van der Waals surface area contributed by atoms with Crippen molar-refractivity contribution in [3.05, 3.63) is 23.7 Å². The van der Waals surface area contributed by atoms with E-state index < -0.39 is 0 Å². The van der Waals surface area contributed by atoms with E-state index in [0.29, 0.717) is 18.7 Å². The largest absolute Gasteiger partial charge is 0.469 e. The fraction of sp³-hybridized carbons (Fsp3) is 0.500. The number of carbonyl (C=O) groups excluding carboxylic acids is 1. The monoisotopic (exact) mass is 195 g/mol. The minimum absolute atomic E-state index is 0.00782. The Kier molecular flexibility index (Phi) is 2.29. The molecule has 4 heteroatoms. The van der Waals surface area contributed by atoms with Crippen molar-refractivity contribution >= 4 is 5.91 Å². The van der Waals surface area contributed by atoms with Crippen LogP contribution in [0.2, 0.25) is 0 Å². The number of aliphatic hydroxyl groups excluding tert-OH is 1. The van der Waals surface area contributed by atoms with Crippen LogP contribution in [0.1, 0.15) is 16.1 Å². The quantitative estimate of drug-likeness (QED) is 0.754. The van der Waals surface area contributed by atoms with Crippen molar-refractivity contribution in [1.82, 2.24) is 4.90 Å². The summed E-state index contributed by atoms with van der Waals surface area (Å²) >= 11 is 0. The third-order valence-electron chi connectivity index (χ3n) is 2.48. The molecular weight excluding hydrogens is 182 g/mol. The predicted octanol–water partition coefficient (Wildman–Crippen LogP) is 0.652. The van der Waals surface area contributed by atoms with Crippen molar-refractivity contribution < 1.29 is 14.3 Å². The van der Waals surface area contributed by atoms with Crippen LogP contribution in [0.5, 0.6) is 0 Å². The summed E-state index contributed by atoms with van der Waals surface area (Å²) in [4.78, 5) is 13.4. The Balaban J connectivity index is 1.97. The van der Waals surface area contributed by atoms with Crippen LogP contribution in [-0.2, 0) is 0 Å². The van der Waals surface area contributed by atoms with Gasteiger partial charge in [0.1, 0.15) is 12.0 Å². The van der Waals surface area contributed by atoms with Gasteiger partial charge in [-0.3, -0.25) is 4.79 Å². The average molecular weight is 195 g/mol. The van der Waals surface area contributed by atoms with Crippen LogP contribution in [0.3, 0.4) is 0 Å². The number of likely N-dealkylation sites (tertiary alicyclic amines) is 1. The highest BCUT2D eigenvalue weighted by Crippen LogP contribution is 2.19. The van der Waals surface area contributed by atoms with E-state index >= 15 is 0 Å². The molecule has 4 nitrogen and oxygen atoms in total. The zero-order valence-corrected chi connectivity index (χ0v) is 8.06. The van der Waals surface area contributed by atoms with E-state index in [0.717, 1.165) is 5.76 Å². The molecule has 1 aromatic rings. The van der Waals surface area contributed by atoms with Crippen molar-refractivity contribution in [2.24, 2.45) is 5.92 Å². The third-order valence-corrected chi connectivity index (χ3v) is 2.48. The number of nitrogens with zero attached hydrogens (tertiary/aromatic N) is 1. The minimum atomic E-state index is -0.00782. The first kappa shape index (κ1) is 9.27. The topological polar surface area (TPSA) is 53.7 Å². The zero-order valence-electron chi connectivity index (χ0n) is 8.06. The van der Waals surface area contributed by atoms with E-state index in [1.165, 1.54) is 6.26 Å². The van der Waals surface area contributed by atoms with Gasteiger partial charge in [-0.05, 0) is 13.0 Å². The third kappa shape index (κ3) is 1.53. The maximum atomic E-state index is 11.7. The number of amides is 1. The zero-order chi connectivity index (χ0) is 10.1. The van der Waals surface area contributed by atoms with Crippen molar-refractivity contribution in [2.45, 2.75) is 6.92 Å². The van der Waals surface area contributed by atoms with Gasteiger partial charge >= 0.3 is 0 Å². The van der Waals surface area contributed by atoms with Crippen LogP contribution in [0.25, 0.3) is 0 Å². The molecule has 1 aliphatic heterocycles. The molecule has 0 aromatic carbocycles. The van der Waals surface area contributed by atoms with Crippen LogP contribution in [-0.4, -0.2) is 35.6 Å². The van der Waals surface area contributed by atoms with Crippen LogP contribution >= 0.6 is 0 Å². The molecule has 1 aromatic heterocycles. The van der Waals surface area contributed by atoms with Crippen molar-refractivity contribution in [2.75, 3.05) is 19.7 Å². The lowest BCUT2D eigenvalue weighted by Crippen LogP contribution is -2.51. The molecule has 2 heterocycles. The van der Waals surface area contributed by atoms with Gasteiger partial charge in [0.15, 0.2) is 0 Å². The first-order valence-corrected chi connectivity index (χ1v) is 4.66. The standard InChI is InChI=1S/C10H13NO3/c1-7-2-9(6-14-7)10(13)11-3-8(4-11)5-12/h2,6,8,12H,3-5H2,1H3. The van der Waals surface area contributed by atoms with E-state index in [1.807, 2.05) is 6.92 Å². The van der Waals surface area contributed by atoms with E-state index in [-0.39, 0.29) is 18.4 Å². The second kappa shape index (κ2) is 3.46. The summed E-state index contributed by atoms with van der Waals surface area (Å²) in [5.41, 5.74) is 0.596. The summed E-state index contributed by atoms with van der Waals surface area (Å²) in [6, 6.07) is 1.73. The molecule has 1 fully saturated rings. The Bertz CT molecular complexity index is 339. The molecule has 0 aliphatic carbocycles. The summed E-state index contributed by atoms with van der Waals surface area (Å²) in [5.74, 6) is 0.992. The van der Waals surface area contributed by atoms with E-state index in [2.05, 4.69) is 0 Å². The molecule has 0 bridgehead atoms. The number of hydrogen-bond donors (Lipinski definition) is 1. The van der Waals surface area contributed by atoms with Gasteiger partial charge in [0.25, 0.3) is 5.91 Å². The van der Waals surface area contributed by atoms with Gasteiger partial charge in [0.2, 0.25) is 0 Å². The highest BCUT2D eigenvalue weighted by Gasteiger charge is 2.30. The molecule has 1 saturated heterocycles. The molecule has 0 saturated carbocycles. The van der Waals surface area contributed by atoms with Gasteiger partial charge < -0.3 is 14.4 Å². The number of aliphatic hydroxyl groups is 1. The lowest BCUT2D eigenvalue weighted by Gasteiger charge is -2.37. The van der Waals surface area contributed by atoms with Gasteiger partial charge in [-0.1, -0.05) is 0 Å². The Morgan fingerprint density at radius 1 is 1.71 bits per heavy atom. The number of carbonyl (C=O) groups is 1. The Hall–Kier alpha value is -1.29. The maximum absolute atomic E-state index is 11.7. The molecule has 76 valence electrons. The summed E-state index contributed by atoms with van der Waals surface area (Å²) in [6.45, 7) is 3.27. The lowest BCUT2D eigenvalue weighted by atomic mass is 10.0. The lowest BCUT2D eigenvalue weighted by molar-refractivity contribution is 0.0361. The van der Waals surface area contributed by atoms with Gasteiger partial charge in [0, 0.05) is 25.6 Å². The maximum Gasteiger partial charge on any atom is 0.257 e. The van der Waals surface area contributed by atoms with Crippen LogP contribution in [0.4, 0.5) is 0 Å². The highest BCUT2D eigenvalue weighted by atomic mass is 16.3. The SMILES string of the molecule is Cc1cc(C(=O)N2CC(CO)C2)co1. The minimum Gasteiger partial charge on any atom is -0.469 e. The summed E-state index contributed by atoms with van der Waals surface area (Å²) < 4.78 is 5.06. The number of hydrogen-bond acceptors (Lipinski definition) is 3. The molecule has 1 amide bonds. The summed E-state index contributed by atoms with van der Waals surface area (Å²) in [5, 5.41) is 8.80. The molecule has 0 radical (unpaired) electrons. The van der Waals surface area contributed by atoms with Crippen molar-refractivity contribution in [3.63, 3.8) is 0 Å². The van der Waals surface area contributed by atoms with Gasteiger partial charge in [-0.25, -0.2) is 0 Å². The van der Waals surface area contributed by atoms with Crippen LogP contribution < -0.4 is 0 Å². The van der Waals surface area contributed by atoms with Gasteiger partial charge in [-0.15, -0.1) is 0 Å². The van der Waals surface area contributed by atoms with E-state index in [9.17, 15) is 4.79 Å². The Morgan fingerprint density at radius 3 is 2.93 bits per heavy atom. The smallest absolute Gasteiger partial charge is 0.257 e. The fourth-order valence-corrected chi connectivity index (χ4v) is 1.59. The summed E-state index contributed by atoms with van der Waals surface area (Å²) in [7, 11) is 0. The molecule has 0 spiro atoms. The normalized spacial score (nSPS) is 16.9. The first-order chi connectivity index (χ1) is 6.70. The average Bonchev–Trinajstić information content (AvgIpc) is 2.49. The van der Waals surface area contributed by atoms with Crippen LogP contribution in [0, 0.1) is 12.8 Å². The number of furan rings is 1. The van der Waals surface area contributed by atoms with E-state index in [1.54, 1.807) is 11.0 Å². The molecular formula is C10H13NO3. The van der Waals surface area contributed by atoms with E-state index in [4.69, 9.17) is 9.52 Å².